The van der Waals surface area contributed by atoms with Gasteiger partial charge in [-0.15, -0.1) is 4.40 Å². The molecule has 0 saturated heterocycles. The van der Waals surface area contributed by atoms with Crippen molar-refractivity contribution in [1.29, 1.82) is 0 Å². The van der Waals surface area contributed by atoms with Crippen molar-refractivity contribution in [3.05, 3.63) is 12.3 Å². The van der Waals surface area contributed by atoms with E-state index in [0.717, 1.165) is 4.31 Å². The number of ether oxygens (including phenoxy) is 2. The lowest BCUT2D eigenvalue weighted by atomic mass is 10.6. The molecule has 9 heteroatoms. The van der Waals surface area contributed by atoms with Gasteiger partial charge in [0.25, 0.3) is 0 Å². The highest BCUT2D eigenvalue weighted by Gasteiger charge is 2.20. The third-order valence-corrected chi connectivity index (χ3v) is 2.94. The summed E-state index contributed by atoms with van der Waals surface area (Å²) in [5.41, 5.74) is 5.24. The average molecular weight is 263 g/mol. The van der Waals surface area contributed by atoms with Gasteiger partial charge in [-0.05, 0) is 6.08 Å². The van der Waals surface area contributed by atoms with E-state index in [1.165, 1.54) is 19.2 Å². The van der Waals surface area contributed by atoms with Crippen molar-refractivity contribution in [2.45, 2.75) is 6.92 Å². The van der Waals surface area contributed by atoms with Crippen LogP contribution < -0.4 is 5.73 Å². The molecule has 8 nitrogen and oxygen atoms in total. The lowest BCUT2D eigenvalue weighted by Crippen LogP contribution is -2.32. The van der Waals surface area contributed by atoms with E-state index < -0.39 is 16.2 Å². The minimum Gasteiger partial charge on any atom is -0.463 e. The minimum absolute atomic E-state index is 0.0678. The first-order chi connectivity index (χ1) is 7.92. The zero-order chi connectivity index (χ0) is 12.9. The Morgan fingerprint density at radius 1 is 1.53 bits per heavy atom. The molecule has 0 aromatic heterocycles. The summed E-state index contributed by atoms with van der Waals surface area (Å²) < 4.78 is 36.6. The normalized spacial score (nSPS) is 17.7. The zero-order valence-corrected chi connectivity index (χ0v) is 10.0. The predicted molar refractivity (Wildman–Crippen MR) is 59.0 cm³/mol. The Kier molecular flexibility index (Phi) is 4.46. The first kappa shape index (κ1) is 13.5. The van der Waals surface area contributed by atoms with Crippen LogP contribution in [-0.2, 0) is 24.5 Å². The van der Waals surface area contributed by atoms with E-state index in [1.54, 1.807) is 0 Å². The van der Waals surface area contributed by atoms with Crippen LogP contribution in [0.15, 0.2) is 16.7 Å². The maximum Gasteiger partial charge on any atom is 0.348 e. The fraction of sp³-hybridized carbons (Fsp3) is 0.500. The van der Waals surface area contributed by atoms with Gasteiger partial charge < -0.3 is 15.2 Å². The summed E-state index contributed by atoms with van der Waals surface area (Å²) in [6.45, 7) is 1.23. The van der Waals surface area contributed by atoms with Crippen molar-refractivity contribution in [2.24, 2.45) is 10.1 Å². The lowest BCUT2D eigenvalue weighted by molar-refractivity contribution is -0.142. The van der Waals surface area contributed by atoms with E-state index in [-0.39, 0.29) is 25.8 Å². The van der Waals surface area contributed by atoms with Gasteiger partial charge in [-0.2, -0.15) is 8.42 Å². The molecule has 0 radical (unpaired) electrons. The molecule has 0 aromatic rings. The smallest absolute Gasteiger partial charge is 0.348 e. The number of carbonyl (C=O) groups is 1. The van der Waals surface area contributed by atoms with Crippen LogP contribution in [0, 0.1) is 0 Å². The van der Waals surface area contributed by atoms with E-state index in [4.69, 9.17) is 10.5 Å². The molecule has 0 aromatic carbocycles. The molecule has 0 fully saturated rings. The van der Waals surface area contributed by atoms with E-state index in [1.807, 2.05) is 0 Å². The van der Waals surface area contributed by atoms with Crippen LogP contribution in [0.4, 0.5) is 0 Å². The van der Waals surface area contributed by atoms with Gasteiger partial charge in [0.1, 0.15) is 19.2 Å². The molecule has 0 unspecified atom stereocenters. The van der Waals surface area contributed by atoms with Gasteiger partial charge in [-0.1, -0.05) is 0 Å². The third-order valence-electron chi connectivity index (χ3n) is 1.68. The molecule has 1 heterocycles. The summed E-state index contributed by atoms with van der Waals surface area (Å²) in [6, 6.07) is 0. The summed E-state index contributed by atoms with van der Waals surface area (Å²) in [4.78, 5) is 10.4. The number of hydrogen-bond acceptors (Lipinski definition) is 6. The number of rotatable bonds is 5. The summed E-state index contributed by atoms with van der Waals surface area (Å²) >= 11 is 0. The summed E-state index contributed by atoms with van der Waals surface area (Å²) in [5, 5.41) is 0. The molecule has 0 bridgehead atoms. The Labute approximate surface area is 98.9 Å². The molecular weight excluding hydrogens is 250 g/mol. The topological polar surface area (TPSA) is 111 Å². The van der Waals surface area contributed by atoms with Crippen molar-refractivity contribution in [1.82, 2.24) is 4.31 Å². The van der Waals surface area contributed by atoms with Crippen LogP contribution in [0.2, 0.25) is 0 Å². The largest absolute Gasteiger partial charge is 0.463 e. The monoisotopic (exact) mass is 263 g/mol. The number of hydrogen-bond donors (Lipinski definition) is 1. The molecule has 0 saturated carbocycles. The molecular formula is C8H13N3O5S. The highest BCUT2D eigenvalue weighted by molar-refractivity contribution is 7.88. The van der Waals surface area contributed by atoms with Gasteiger partial charge in [0.15, 0.2) is 0 Å². The highest BCUT2D eigenvalue weighted by atomic mass is 32.2. The van der Waals surface area contributed by atoms with E-state index in [0.29, 0.717) is 0 Å². The van der Waals surface area contributed by atoms with Gasteiger partial charge in [0.05, 0.1) is 6.61 Å². The molecule has 17 heavy (non-hydrogen) atoms. The SMILES string of the molecule is CC(=O)OCCOCN1C=CC(N)=NS1(=O)=O. The van der Waals surface area contributed by atoms with E-state index in [2.05, 4.69) is 9.13 Å². The molecule has 0 atom stereocenters. The second-order valence-electron chi connectivity index (χ2n) is 3.07. The molecule has 96 valence electrons. The second kappa shape index (κ2) is 5.64. The Morgan fingerprint density at radius 2 is 2.24 bits per heavy atom. The van der Waals surface area contributed by atoms with Crippen molar-refractivity contribution in [2.75, 3.05) is 19.9 Å². The van der Waals surface area contributed by atoms with Crippen LogP contribution in [0.1, 0.15) is 6.92 Å². The molecule has 1 aliphatic heterocycles. The van der Waals surface area contributed by atoms with Crippen LogP contribution >= 0.6 is 0 Å². The Balaban J connectivity index is 2.34. The van der Waals surface area contributed by atoms with Crippen molar-refractivity contribution in [3.63, 3.8) is 0 Å². The lowest BCUT2D eigenvalue weighted by Gasteiger charge is -2.19. The van der Waals surface area contributed by atoms with Crippen molar-refractivity contribution < 1.29 is 22.7 Å². The fourth-order valence-corrected chi connectivity index (χ4v) is 1.82. The predicted octanol–water partition coefficient (Wildman–Crippen LogP) is -1.05. The number of esters is 1. The number of nitrogens with two attached hydrogens (primary N) is 1. The van der Waals surface area contributed by atoms with Gasteiger partial charge in [0, 0.05) is 13.1 Å². The van der Waals surface area contributed by atoms with E-state index in [9.17, 15) is 13.2 Å². The minimum atomic E-state index is -3.80. The fourth-order valence-electron chi connectivity index (χ4n) is 0.961. The number of nitrogens with zero attached hydrogens (tertiary/aromatic N) is 2. The van der Waals surface area contributed by atoms with Crippen LogP contribution in [0.25, 0.3) is 0 Å². The van der Waals surface area contributed by atoms with E-state index >= 15 is 0 Å². The zero-order valence-electron chi connectivity index (χ0n) is 9.20. The molecule has 1 aliphatic rings. The third kappa shape index (κ3) is 4.41. The first-order valence-electron chi connectivity index (χ1n) is 4.68. The molecule has 2 N–H and O–H groups in total. The molecule has 1 rings (SSSR count). The summed E-state index contributed by atoms with van der Waals surface area (Å²) in [7, 11) is -3.80. The van der Waals surface area contributed by atoms with Crippen molar-refractivity contribution in [3.8, 4) is 0 Å². The van der Waals surface area contributed by atoms with Crippen molar-refractivity contribution >= 4 is 22.0 Å². The highest BCUT2D eigenvalue weighted by Crippen LogP contribution is 2.08. The summed E-state index contributed by atoms with van der Waals surface area (Å²) in [5.74, 6) is -0.502. The second-order valence-corrected chi connectivity index (χ2v) is 4.62. The molecule has 0 spiro atoms. The summed E-state index contributed by atoms with van der Waals surface area (Å²) in [6.07, 6.45) is 2.60. The number of amidine groups is 1. The maximum atomic E-state index is 11.4. The van der Waals surface area contributed by atoms with Gasteiger partial charge in [-0.25, -0.2) is 4.31 Å². The van der Waals surface area contributed by atoms with Gasteiger partial charge >= 0.3 is 16.2 Å². The molecule has 0 amide bonds. The standard InChI is InChI=1S/C8H13N3O5S/c1-7(12)16-5-4-15-6-11-3-2-8(9)10-17(11,13)14/h2-3H,4-6H2,1H3,(H2,9,10). The first-order valence-corrected chi connectivity index (χ1v) is 6.08. The van der Waals surface area contributed by atoms with Gasteiger partial charge in [-0.3, -0.25) is 4.79 Å². The average Bonchev–Trinajstić information content (AvgIpc) is 2.18. The Morgan fingerprint density at radius 3 is 2.82 bits per heavy atom. The molecule has 0 aliphatic carbocycles. The Hall–Kier alpha value is -1.61. The maximum absolute atomic E-state index is 11.4. The van der Waals surface area contributed by atoms with Crippen LogP contribution in [-0.4, -0.2) is 44.5 Å². The van der Waals surface area contributed by atoms with Gasteiger partial charge in [0.2, 0.25) is 0 Å². The van der Waals surface area contributed by atoms with Crippen LogP contribution in [0.3, 0.4) is 0 Å². The Bertz CT molecular complexity index is 442. The number of carbonyl (C=O) groups excluding carboxylic acids is 1. The quantitative estimate of drug-likeness (QED) is 0.500. The van der Waals surface area contributed by atoms with Crippen LogP contribution in [0.5, 0.6) is 0 Å².